The van der Waals surface area contributed by atoms with Crippen LogP contribution in [-0.4, -0.2) is 9.79 Å². The Hall–Kier alpha value is -0.810. The normalized spacial score (nSPS) is 13.2. The molecule has 0 aliphatic rings. The van der Waals surface area contributed by atoms with Crippen molar-refractivity contribution in [2.24, 2.45) is 0 Å². The van der Waals surface area contributed by atoms with Gasteiger partial charge in [-0.3, -0.25) is 4.57 Å². The Labute approximate surface area is 106 Å². The van der Waals surface area contributed by atoms with E-state index in [2.05, 4.69) is 0 Å². The summed E-state index contributed by atoms with van der Waals surface area (Å²) in [6.07, 6.45) is 0.795. The lowest BCUT2D eigenvalue weighted by Gasteiger charge is -2.17. The van der Waals surface area contributed by atoms with Crippen molar-refractivity contribution in [3.05, 3.63) is 34.7 Å². The van der Waals surface area contributed by atoms with E-state index in [1.54, 1.807) is 6.07 Å². The van der Waals surface area contributed by atoms with Crippen LogP contribution in [-0.2, 0) is 16.6 Å². The second-order valence-corrected chi connectivity index (χ2v) is 6.72. The molecule has 0 unspecified atom stereocenters. The standard InChI is InChI=1S/C11H11F2O3PS/c1-2-9-6-7-5-8(3-4-10(7)18-9)11(12,13)17(14,15)16/h3-6H,2H2,1H3,(H2,14,15,16). The van der Waals surface area contributed by atoms with Gasteiger partial charge in [-0.2, -0.15) is 8.78 Å². The van der Waals surface area contributed by atoms with Gasteiger partial charge < -0.3 is 9.79 Å². The third-order valence-electron chi connectivity index (χ3n) is 2.63. The van der Waals surface area contributed by atoms with Crippen LogP contribution in [0.2, 0.25) is 0 Å². The van der Waals surface area contributed by atoms with Crippen molar-refractivity contribution in [3.8, 4) is 0 Å². The van der Waals surface area contributed by atoms with Crippen molar-refractivity contribution < 1.29 is 23.1 Å². The van der Waals surface area contributed by atoms with Gasteiger partial charge in [-0.05, 0) is 30.0 Å². The minimum Gasteiger partial charge on any atom is -0.320 e. The van der Waals surface area contributed by atoms with E-state index in [4.69, 9.17) is 9.79 Å². The van der Waals surface area contributed by atoms with E-state index in [1.807, 2.05) is 6.92 Å². The van der Waals surface area contributed by atoms with Crippen molar-refractivity contribution in [3.63, 3.8) is 0 Å². The Kier molecular flexibility index (Phi) is 3.32. The second-order valence-electron chi connectivity index (χ2n) is 3.90. The van der Waals surface area contributed by atoms with Crippen LogP contribution in [0.3, 0.4) is 0 Å². The Morgan fingerprint density at radius 3 is 2.56 bits per heavy atom. The summed E-state index contributed by atoms with van der Waals surface area (Å²) in [5.74, 6) is 0. The van der Waals surface area contributed by atoms with Crippen LogP contribution in [0.5, 0.6) is 0 Å². The summed E-state index contributed by atoms with van der Waals surface area (Å²) in [5.41, 5.74) is -4.79. The van der Waals surface area contributed by atoms with Crippen LogP contribution < -0.4 is 0 Å². The molecule has 2 N–H and O–H groups in total. The van der Waals surface area contributed by atoms with Crippen LogP contribution in [0.4, 0.5) is 8.78 Å². The maximum atomic E-state index is 13.5. The fourth-order valence-corrected chi connectivity index (χ4v) is 3.09. The van der Waals surface area contributed by atoms with Gasteiger partial charge in [-0.1, -0.05) is 13.0 Å². The summed E-state index contributed by atoms with van der Waals surface area (Å²) in [6.45, 7) is 1.95. The highest BCUT2D eigenvalue weighted by atomic mass is 32.1. The number of halogens is 2. The van der Waals surface area contributed by atoms with Crippen LogP contribution in [0.1, 0.15) is 17.4 Å². The zero-order chi connectivity index (χ0) is 13.6. The van der Waals surface area contributed by atoms with Crippen molar-refractivity contribution in [2.45, 2.75) is 19.0 Å². The molecular weight excluding hydrogens is 281 g/mol. The lowest BCUT2D eigenvalue weighted by Crippen LogP contribution is -2.13. The molecular formula is C11H11F2O3PS. The third-order valence-corrected chi connectivity index (χ3v) is 4.88. The molecule has 18 heavy (non-hydrogen) atoms. The van der Waals surface area contributed by atoms with E-state index < -0.39 is 18.8 Å². The average Bonchev–Trinajstić information content (AvgIpc) is 2.68. The molecule has 0 radical (unpaired) electrons. The van der Waals surface area contributed by atoms with E-state index in [9.17, 15) is 13.3 Å². The molecule has 1 aromatic heterocycles. The molecule has 98 valence electrons. The molecule has 0 atom stereocenters. The number of aryl methyl sites for hydroxylation is 1. The molecule has 2 aromatic rings. The van der Waals surface area contributed by atoms with Crippen molar-refractivity contribution in [1.29, 1.82) is 0 Å². The second kappa shape index (κ2) is 4.38. The molecule has 0 amide bonds. The number of thiophene rings is 1. The largest absolute Gasteiger partial charge is 0.399 e. The number of hydrogen-bond acceptors (Lipinski definition) is 2. The lowest BCUT2D eigenvalue weighted by molar-refractivity contribution is 0.0566. The first-order valence-corrected chi connectivity index (χ1v) is 7.65. The summed E-state index contributed by atoms with van der Waals surface area (Å²) >= 11 is 1.49. The molecule has 0 aliphatic heterocycles. The maximum absolute atomic E-state index is 13.5. The van der Waals surface area contributed by atoms with Gasteiger partial charge in [0.1, 0.15) is 0 Å². The van der Waals surface area contributed by atoms with Gasteiger partial charge in [0.25, 0.3) is 0 Å². The van der Waals surface area contributed by atoms with Crippen LogP contribution >= 0.6 is 18.9 Å². The summed E-state index contributed by atoms with van der Waals surface area (Å²) in [6, 6.07) is 5.44. The lowest BCUT2D eigenvalue weighted by atomic mass is 10.1. The molecule has 2 rings (SSSR count). The molecule has 0 saturated carbocycles. The zero-order valence-corrected chi connectivity index (χ0v) is 11.1. The van der Waals surface area contributed by atoms with Gasteiger partial charge in [-0.15, -0.1) is 11.3 Å². The molecule has 7 heteroatoms. The van der Waals surface area contributed by atoms with Crippen molar-refractivity contribution in [1.82, 2.24) is 0 Å². The minimum absolute atomic E-state index is 0.586. The predicted molar refractivity (Wildman–Crippen MR) is 67.1 cm³/mol. The van der Waals surface area contributed by atoms with E-state index in [-0.39, 0.29) is 0 Å². The van der Waals surface area contributed by atoms with Crippen LogP contribution in [0.15, 0.2) is 24.3 Å². The fraction of sp³-hybridized carbons (Fsp3) is 0.273. The van der Waals surface area contributed by atoms with E-state index in [1.165, 1.54) is 17.4 Å². The topological polar surface area (TPSA) is 57.5 Å². The predicted octanol–water partition coefficient (Wildman–Crippen LogP) is 3.69. The minimum atomic E-state index is -5.50. The molecule has 0 saturated heterocycles. The number of fused-ring (bicyclic) bond motifs is 1. The van der Waals surface area contributed by atoms with Crippen molar-refractivity contribution in [2.75, 3.05) is 0 Å². The van der Waals surface area contributed by atoms with E-state index >= 15 is 0 Å². The molecule has 1 heterocycles. The van der Waals surface area contributed by atoms with Crippen LogP contribution in [0, 0.1) is 0 Å². The molecule has 0 aliphatic carbocycles. The highest BCUT2D eigenvalue weighted by Gasteiger charge is 2.50. The van der Waals surface area contributed by atoms with Gasteiger partial charge in [-0.25, -0.2) is 0 Å². The number of hydrogen-bond donors (Lipinski definition) is 2. The number of benzene rings is 1. The first-order valence-electron chi connectivity index (χ1n) is 5.22. The molecule has 3 nitrogen and oxygen atoms in total. The maximum Gasteiger partial charge on any atom is 0.399 e. The van der Waals surface area contributed by atoms with Gasteiger partial charge >= 0.3 is 13.3 Å². The summed E-state index contributed by atoms with van der Waals surface area (Å²) in [5, 5.41) is 0.586. The van der Waals surface area contributed by atoms with E-state index in [0.29, 0.717) is 5.39 Å². The summed E-state index contributed by atoms with van der Waals surface area (Å²) in [7, 11) is -5.50. The Bertz CT molecular complexity index is 632. The SMILES string of the molecule is CCc1cc2cc(C(F)(F)P(=O)(O)O)ccc2s1. The average molecular weight is 292 g/mol. The highest BCUT2D eigenvalue weighted by molar-refractivity contribution is 7.52. The van der Waals surface area contributed by atoms with Crippen molar-refractivity contribution >= 4 is 29.0 Å². The molecule has 0 fully saturated rings. The van der Waals surface area contributed by atoms with E-state index in [0.717, 1.165) is 28.1 Å². The molecule has 0 bridgehead atoms. The number of alkyl halides is 2. The van der Waals surface area contributed by atoms with Gasteiger partial charge in [0.15, 0.2) is 0 Å². The number of rotatable bonds is 3. The Balaban J connectivity index is 2.56. The summed E-state index contributed by atoms with van der Waals surface area (Å²) in [4.78, 5) is 18.4. The Morgan fingerprint density at radius 1 is 1.33 bits per heavy atom. The first kappa shape index (κ1) is 13.6. The molecule has 0 spiro atoms. The summed E-state index contributed by atoms with van der Waals surface area (Å²) < 4.78 is 38.7. The smallest absolute Gasteiger partial charge is 0.320 e. The zero-order valence-electron chi connectivity index (χ0n) is 9.43. The Morgan fingerprint density at radius 2 is 2.00 bits per heavy atom. The third kappa shape index (κ3) is 2.21. The van der Waals surface area contributed by atoms with Gasteiger partial charge in [0, 0.05) is 15.1 Å². The quantitative estimate of drug-likeness (QED) is 0.848. The first-order chi connectivity index (χ1) is 8.25. The van der Waals surface area contributed by atoms with Crippen LogP contribution in [0.25, 0.3) is 10.1 Å². The fourth-order valence-electron chi connectivity index (χ4n) is 1.63. The monoisotopic (exact) mass is 292 g/mol. The molecule has 1 aromatic carbocycles. The highest BCUT2D eigenvalue weighted by Crippen LogP contribution is 2.59. The van der Waals surface area contributed by atoms with Gasteiger partial charge in [0.2, 0.25) is 0 Å². The van der Waals surface area contributed by atoms with Gasteiger partial charge in [0.05, 0.1) is 0 Å².